The molecule has 0 aromatic rings. The van der Waals surface area contributed by atoms with E-state index in [-0.39, 0.29) is 5.17 Å². The molecule has 0 fully saturated rings. The summed E-state index contributed by atoms with van der Waals surface area (Å²) >= 11 is 1.48. The number of unbranched alkanes of at least 4 members (excludes halogenated alkanes) is 15. The van der Waals surface area contributed by atoms with Gasteiger partial charge in [-0.3, -0.25) is 5.41 Å². The molecule has 132 valence electrons. The number of thioether (sulfide) groups is 1. The van der Waals surface area contributed by atoms with E-state index in [1.54, 1.807) is 0 Å². The topological polar surface area (TPSA) is 49.9 Å². The zero-order valence-electron chi connectivity index (χ0n) is 15.0. The molecule has 22 heavy (non-hydrogen) atoms. The third-order valence-electron chi connectivity index (χ3n) is 4.26. The molecule has 0 unspecified atom stereocenters. The van der Waals surface area contributed by atoms with Crippen LogP contribution in [0.2, 0.25) is 0 Å². The number of nitrogens with one attached hydrogen (secondary N) is 1. The van der Waals surface area contributed by atoms with Crippen molar-refractivity contribution in [2.75, 3.05) is 5.75 Å². The van der Waals surface area contributed by atoms with E-state index < -0.39 is 0 Å². The van der Waals surface area contributed by atoms with Crippen LogP contribution in [0.1, 0.15) is 110 Å². The first-order valence-corrected chi connectivity index (χ1v) is 10.7. The lowest BCUT2D eigenvalue weighted by Gasteiger charge is -2.03. The molecule has 0 aliphatic carbocycles. The Labute approximate surface area is 143 Å². The number of nitrogens with two attached hydrogens (primary N) is 1. The Morgan fingerprint density at radius 2 is 0.955 bits per heavy atom. The maximum absolute atomic E-state index is 7.13. The number of hydrogen-bond donors (Lipinski definition) is 2. The fourth-order valence-electron chi connectivity index (χ4n) is 2.83. The molecule has 3 heteroatoms. The Hall–Kier alpha value is -0.180. The molecule has 2 nitrogen and oxygen atoms in total. The molecule has 0 aliphatic heterocycles. The van der Waals surface area contributed by atoms with Gasteiger partial charge in [-0.2, -0.15) is 0 Å². The number of amidine groups is 1. The van der Waals surface area contributed by atoms with Crippen LogP contribution in [0.25, 0.3) is 0 Å². The predicted molar refractivity (Wildman–Crippen MR) is 104 cm³/mol. The van der Waals surface area contributed by atoms with Gasteiger partial charge in [-0.25, -0.2) is 0 Å². The number of rotatable bonds is 17. The van der Waals surface area contributed by atoms with E-state index in [9.17, 15) is 0 Å². The fourth-order valence-corrected chi connectivity index (χ4v) is 3.40. The normalized spacial score (nSPS) is 11.0. The Kier molecular flexibility index (Phi) is 18.7. The van der Waals surface area contributed by atoms with Gasteiger partial charge in [0.05, 0.1) is 0 Å². The van der Waals surface area contributed by atoms with Gasteiger partial charge in [0, 0.05) is 5.75 Å². The Morgan fingerprint density at radius 3 is 1.27 bits per heavy atom. The summed E-state index contributed by atoms with van der Waals surface area (Å²) in [6, 6.07) is 0. The predicted octanol–water partition coefficient (Wildman–Crippen LogP) is 6.87. The monoisotopic (exact) mass is 328 g/mol. The molecule has 0 saturated carbocycles. The minimum absolute atomic E-state index is 0.265. The third kappa shape index (κ3) is 19.8. The molecule has 0 aliphatic rings. The molecule has 0 aromatic heterocycles. The lowest BCUT2D eigenvalue weighted by atomic mass is 10.0. The van der Waals surface area contributed by atoms with Crippen LogP contribution in [0.5, 0.6) is 0 Å². The van der Waals surface area contributed by atoms with Gasteiger partial charge in [0.1, 0.15) is 0 Å². The number of hydrogen-bond acceptors (Lipinski definition) is 2. The second-order valence-corrected chi connectivity index (χ2v) is 7.65. The molecule has 3 N–H and O–H groups in total. The molecule has 0 heterocycles. The molecular weight excluding hydrogens is 288 g/mol. The highest BCUT2D eigenvalue weighted by Gasteiger charge is 1.95. The molecule has 0 rings (SSSR count). The zero-order chi connectivity index (χ0) is 16.3. The summed E-state index contributed by atoms with van der Waals surface area (Å²) in [7, 11) is 0. The summed E-state index contributed by atoms with van der Waals surface area (Å²) < 4.78 is 0. The average molecular weight is 329 g/mol. The smallest absolute Gasteiger partial charge is 0.151 e. The van der Waals surface area contributed by atoms with Gasteiger partial charge in [-0.15, -0.1) is 0 Å². The van der Waals surface area contributed by atoms with Crippen molar-refractivity contribution in [2.24, 2.45) is 5.73 Å². The first kappa shape index (κ1) is 21.8. The summed E-state index contributed by atoms with van der Waals surface area (Å²) in [6.45, 7) is 2.29. The molecule has 0 spiro atoms. The highest BCUT2D eigenvalue weighted by molar-refractivity contribution is 8.13. The summed E-state index contributed by atoms with van der Waals surface area (Å²) in [6.07, 6.45) is 22.5. The van der Waals surface area contributed by atoms with Crippen molar-refractivity contribution in [3.05, 3.63) is 0 Å². The van der Waals surface area contributed by atoms with Crippen LogP contribution in [-0.4, -0.2) is 10.9 Å². The van der Waals surface area contributed by atoms with E-state index in [1.165, 1.54) is 114 Å². The Morgan fingerprint density at radius 1 is 0.636 bits per heavy atom. The molecule has 0 aromatic carbocycles. The van der Waals surface area contributed by atoms with Crippen molar-refractivity contribution in [3.63, 3.8) is 0 Å². The molecule has 0 amide bonds. The third-order valence-corrected chi connectivity index (χ3v) is 5.06. The van der Waals surface area contributed by atoms with Gasteiger partial charge >= 0.3 is 0 Å². The standard InChI is InChI=1S/C19H40N2S/c1-2-3-4-5-6-7-8-9-10-11-12-13-14-15-16-17-18-22-19(20)21/h2-18H2,1H3,(H3,20,21). The van der Waals surface area contributed by atoms with Crippen molar-refractivity contribution >= 4 is 16.9 Å². The van der Waals surface area contributed by atoms with Crippen LogP contribution in [0, 0.1) is 5.41 Å². The van der Waals surface area contributed by atoms with Crippen molar-refractivity contribution in [1.29, 1.82) is 5.41 Å². The summed E-state index contributed by atoms with van der Waals surface area (Å²) in [5.41, 5.74) is 5.31. The van der Waals surface area contributed by atoms with E-state index in [4.69, 9.17) is 11.1 Å². The zero-order valence-corrected chi connectivity index (χ0v) is 15.8. The highest BCUT2D eigenvalue weighted by Crippen LogP contribution is 2.14. The van der Waals surface area contributed by atoms with E-state index in [0.29, 0.717) is 0 Å². The summed E-state index contributed by atoms with van der Waals surface area (Å²) in [5, 5.41) is 7.39. The SMILES string of the molecule is CCCCCCCCCCCCCCCCCCSC(=N)N. The van der Waals surface area contributed by atoms with Crippen LogP contribution in [0.15, 0.2) is 0 Å². The van der Waals surface area contributed by atoms with Gasteiger partial charge in [-0.1, -0.05) is 115 Å². The van der Waals surface area contributed by atoms with Crippen molar-refractivity contribution in [2.45, 2.75) is 110 Å². The summed E-state index contributed by atoms with van der Waals surface area (Å²) in [4.78, 5) is 0. The van der Waals surface area contributed by atoms with Crippen LogP contribution in [0.4, 0.5) is 0 Å². The van der Waals surface area contributed by atoms with E-state index in [0.717, 1.165) is 5.75 Å². The van der Waals surface area contributed by atoms with Gasteiger partial charge in [0.15, 0.2) is 5.17 Å². The van der Waals surface area contributed by atoms with Crippen LogP contribution < -0.4 is 5.73 Å². The van der Waals surface area contributed by atoms with Crippen LogP contribution in [-0.2, 0) is 0 Å². The fraction of sp³-hybridized carbons (Fsp3) is 0.947. The maximum atomic E-state index is 7.13. The van der Waals surface area contributed by atoms with Crippen LogP contribution >= 0.6 is 11.8 Å². The van der Waals surface area contributed by atoms with Crippen molar-refractivity contribution in [1.82, 2.24) is 0 Å². The lowest BCUT2D eigenvalue weighted by Crippen LogP contribution is -2.04. The molecule has 0 saturated heterocycles. The van der Waals surface area contributed by atoms with E-state index in [1.807, 2.05) is 0 Å². The largest absolute Gasteiger partial charge is 0.379 e. The van der Waals surface area contributed by atoms with Gasteiger partial charge < -0.3 is 5.73 Å². The van der Waals surface area contributed by atoms with Gasteiger partial charge in [-0.05, 0) is 6.42 Å². The van der Waals surface area contributed by atoms with Gasteiger partial charge in [0.2, 0.25) is 0 Å². The second-order valence-electron chi connectivity index (χ2n) is 6.52. The first-order valence-electron chi connectivity index (χ1n) is 9.74. The highest BCUT2D eigenvalue weighted by atomic mass is 32.2. The minimum Gasteiger partial charge on any atom is -0.379 e. The van der Waals surface area contributed by atoms with Crippen LogP contribution in [0.3, 0.4) is 0 Å². The minimum atomic E-state index is 0.265. The van der Waals surface area contributed by atoms with E-state index in [2.05, 4.69) is 6.92 Å². The maximum Gasteiger partial charge on any atom is 0.151 e. The lowest BCUT2D eigenvalue weighted by molar-refractivity contribution is 0.532. The molecule has 0 atom stereocenters. The average Bonchev–Trinajstić information content (AvgIpc) is 2.50. The summed E-state index contributed by atoms with van der Waals surface area (Å²) in [5.74, 6) is 1.02. The molecule has 0 bridgehead atoms. The molecule has 0 radical (unpaired) electrons. The van der Waals surface area contributed by atoms with Crippen molar-refractivity contribution < 1.29 is 0 Å². The Balaban J connectivity index is 2.95. The van der Waals surface area contributed by atoms with Crippen molar-refractivity contribution in [3.8, 4) is 0 Å². The molecular formula is C19H40N2S. The Bertz CT molecular complexity index is 231. The van der Waals surface area contributed by atoms with Gasteiger partial charge in [0.25, 0.3) is 0 Å². The quantitative estimate of drug-likeness (QED) is 0.174. The second kappa shape index (κ2) is 18.9. The van der Waals surface area contributed by atoms with E-state index >= 15 is 0 Å². The first-order chi connectivity index (χ1) is 10.8.